The summed E-state index contributed by atoms with van der Waals surface area (Å²) in [6.07, 6.45) is 1.29. The van der Waals surface area contributed by atoms with Crippen LogP contribution in [0.25, 0.3) is 0 Å². The molecular formula is C27H36F2O5. The summed E-state index contributed by atoms with van der Waals surface area (Å²) in [4.78, 5) is 0. The third kappa shape index (κ3) is 7.06. The summed E-state index contributed by atoms with van der Waals surface area (Å²) in [6, 6.07) is 11.9. The van der Waals surface area contributed by atoms with Crippen LogP contribution in [-0.4, -0.2) is 43.2 Å². The van der Waals surface area contributed by atoms with E-state index in [0.717, 1.165) is 37.3 Å². The van der Waals surface area contributed by atoms with E-state index < -0.39 is 42.7 Å². The lowest BCUT2D eigenvalue weighted by Gasteiger charge is -2.25. The maximum absolute atomic E-state index is 14.9. The van der Waals surface area contributed by atoms with Gasteiger partial charge in [-0.25, -0.2) is 8.78 Å². The van der Waals surface area contributed by atoms with Gasteiger partial charge in [0.1, 0.15) is 36.1 Å². The molecular weight excluding hydrogens is 442 g/mol. The maximum Gasteiger partial charge on any atom is 0.132 e. The normalized spacial score (nSPS) is 22.4. The highest BCUT2D eigenvalue weighted by Crippen LogP contribution is 2.39. The highest BCUT2D eigenvalue weighted by Gasteiger charge is 2.48. The van der Waals surface area contributed by atoms with Gasteiger partial charge in [-0.05, 0) is 24.5 Å². The summed E-state index contributed by atoms with van der Waals surface area (Å²) in [7, 11) is 0. The molecule has 0 amide bonds. The molecule has 0 aromatic heterocycles. The Labute approximate surface area is 201 Å². The number of unbranched alkanes of at least 4 members (excludes halogenated alkanes) is 2. The van der Waals surface area contributed by atoms with Crippen molar-refractivity contribution in [2.45, 2.75) is 77.2 Å². The van der Waals surface area contributed by atoms with Gasteiger partial charge in [0.2, 0.25) is 0 Å². The molecule has 1 N–H and O–H groups in total. The predicted octanol–water partition coefficient (Wildman–Crippen LogP) is 5.48. The van der Waals surface area contributed by atoms with Crippen LogP contribution >= 0.6 is 0 Å². The Morgan fingerprint density at radius 3 is 2.35 bits per heavy atom. The van der Waals surface area contributed by atoms with Gasteiger partial charge < -0.3 is 24.1 Å². The minimum atomic E-state index is -0.816. The summed E-state index contributed by atoms with van der Waals surface area (Å²) >= 11 is 0. The summed E-state index contributed by atoms with van der Waals surface area (Å²) < 4.78 is 53.6. The van der Waals surface area contributed by atoms with Gasteiger partial charge in [-0.3, -0.25) is 0 Å². The van der Waals surface area contributed by atoms with Crippen molar-refractivity contribution in [3.05, 3.63) is 70.8 Å². The number of rotatable bonds is 14. The lowest BCUT2D eigenvalue weighted by Crippen LogP contribution is -2.38. The second-order valence-corrected chi connectivity index (χ2v) is 8.60. The van der Waals surface area contributed by atoms with Crippen molar-refractivity contribution in [2.24, 2.45) is 0 Å². The van der Waals surface area contributed by atoms with Gasteiger partial charge in [-0.15, -0.1) is 0 Å². The quantitative estimate of drug-likeness (QED) is 0.364. The Hall–Kier alpha value is -1.90. The summed E-state index contributed by atoms with van der Waals surface area (Å²) in [6.45, 7) is 5.29. The van der Waals surface area contributed by atoms with Crippen molar-refractivity contribution in [2.75, 3.05) is 19.8 Å². The number of benzene rings is 2. The molecule has 2 aromatic carbocycles. The zero-order valence-electron chi connectivity index (χ0n) is 20.1. The fourth-order valence-electron chi connectivity index (χ4n) is 4.02. The molecule has 1 saturated heterocycles. The molecule has 7 heteroatoms. The molecule has 0 spiro atoms. The molecule has 4 atom stereocenters. The van der Waals surface area contributed by atoms with Gasteiger partial charge >= 0.3 is 0 Å². The van der Waals surface area contributed by atoms with Crippen LogP contribution in [-0.2, 0) is 32.2 Å². The molecule has 3 rings (SSSR count). The topological polar surface area (TPSA) is 57.2 Å². The van der Waals surface area contributed by atoms with Gasteiger partial charge in [0, 0.05) is 30.4 Å². The van der Waals surface area contributed by atoms with Crippen LogP contribution in [0.2, 0.25) is 0 Å². The molecule has 0 saturated carbocycles. The molecule has 0 radical (unpaired) electrons. The maximum atomic E-state index is 14.9. The van der Waals surface area contributed by atoms with E-state index in [-0.39, 0.29) is 17.7 Å². The van der Waals surface area contributed by atoms with Crippen LogP contribution in [0.5, 0.6) is 0 Å². The predicted molar refractivity (Wildman–Crippen MR) is 125 cm³/mol. The SMILES string of the molecule is CCCCOC[C@H]1O[C@@H](c2cc(CO)c(F)cc2F)C(OCCCC)C1OCc1ccccc1. The fraction of sp³-hybridized carbons (Fsp3) is 0.556. The van der Waals surface area contributed by atoms with Gasteiger partial charge in [0.05, 0.1) is 19.8 Å². The van der Waals surface area contributed by atoms with E-state index in [1.807, 2.05) is 30.3 Å². The first kappa shape index (κ1) is 26.7. The van der Waals surface area contributed by atoms with Crippen molar-refractivity contribution in [1.29, 1.82) is 0 Å². The van der Waals surface area contributed by atoms with Gasteiger partial charge in [0.15, 0.2) is 0 Å². The van der Waals surface area contributed by atoms with Crippen LogP contribution < -0.4 is 0 Å². The third-order valence-corrected chi connectivity index (χ3v) is 5.97. The van der Waals surface area contributed by atoms with E-state index in [2.05, 4.69) is 13.8 Å². The highest BCUT2D eigenvalue weighted by atomic mass is 19.1. The van der Waals surface area contributed by atoms with Crippen LogP contribution in [0, 0.1) is 11.6 Å². The van der Waals surface area contributed by atoms with Gasteiger partial charge in [-0.1, -0.05) is 57.0 Å². The molecule has 5 nitrogen and oxygen atoms in total. The molecule has 34 heavy (non-hydrogen) atoms. The summed E-state index contributed by atoms with van der Waals surface area (Å²) in [5.74, 6) is -1.53. The third-order valence-electron chi connectivity index (χ3n) is 5.97. The number of aliphatic hydroxyl groups excluding tert-OH is 1. The van der Waals surface area contributed by atoms with Crippen LogP contribution in [0.1, 0.15) is 62.3 Å². The average molecular weight is 479 g/mol. The lowest BCUT2D eigenvalue weighted by molar-refractivity contribution is -0.0854. The van der Waals surface area contributed by atoms with E-state index >= 15 is 0 Å². The van der Waals surface area contributed by atoms with E-state index in [4.69, 9.17) is 18.9 Å². The zero-order valence-corrected chi connectivity index (χ0v) is 20.1. The number of halogens is 2. The summed E-state index contributed by atoms with van der Waals surface area (Å²) in [5.41, 5.74) is 1.16. The molecule has 1 aliphatic rings. The van der Waals surface area contributed by atoms with Crippen molar-refractivity contribution >= 4 is 0 Å². The van der Waals surface area contributed by atoms with Gasteiger partial charge in [-0.2, -0.15) is 0 Å². The molecule has 1 aliphatic heterocycles. The average Bonchev–Trinajstić information content (AvgIpc) is 3.18. The number of aliphatic hydroxyl groups is 1. The van der Waals surface area contributed by atoms with Crippen molar-refractivity contribution in [3.63, 3.8) is 0 Å². The van der Waals surface area contributed by atoms with Crippen molar-refractivity contribution in [1.82, 2.24) is 0 Å². The smallest absolute Gasteiger partial charge is 0.132 e. The fourth-order valence-corrected chi connectivity index (χ4v) is 4.02. The molecule has 2 unspecified atom stereocenters. The molecule has 188 valence electrons. The molecule has 1 fully saturated rings. The van der Waals surface area contributed by atoms with E-state index in [1.165, 1.54) is 6.07 Å². The van der Waals surface area contributed by atoms with E-state index in [1.54, 1.807) is 0 Å². The standard InChI is InChI=1S/C27H36F2O5/c1-3-5-12-31-18-24-26(33-17-19-10-8-7-9-11-19)27(32-13-6-4-2)25(34-24)21-14-20(16-30)22(28)15-23(21)29/h7-11,14-15,24-27,30H,3-6,12-13,16-18H2,1-2H3/t24-,25+,26?,27?/m1/s1. The Morgan fingerprint density at radius 2 is 1.65 bits per heavy atom. The first-order valence-corrected chi connectivity index (χ1v) is 12.2. The van der Waals surface area contributed by atoms with Gasteiger partial charge in [0.25, 0.3) is 0 Å². The molecule has 1 heterocycles. The summed E-state index contributed by atoms with van der Waals surface area (Å²) in [5, 5.41) is 9.52. The monoisotopic (exact) mass is 478 g/mol. The first-order valence-electron chi connectivity index (χ1n) is 12.2. The van der Waals surface area contributed by atoms with Crippen LogP contribution in [0.4, 0.5) is 8.78 Å². The van der Waals surface area contributed by atoms with Crippen LogP contribution in [0.3, 0.4) is 0 Å². The first-order chi connectivity index (χ1) is 16.6. The largest absolute Gasteiger partial charge is 0.392 e. The van der Waals surface area contributed by atoms with E-state index in [0.29, 0.717) is 19.8 Å². The number of hydrogen-bond donors (Lipinski definition) is 1. The van der Waals surface area contributed by atoms with Crippen LogP contribution in [0.15, 0.2) is 42.5 Å². The minimum absolute atomic E-state index is 0.0108. The van der Waals surface area contributed by atoms with E-state index in [9.17, 15) is 13.9 Å². The molecule has 0 aliphatic carbocycles. The highest BCUT2D eigenvalue weighted by molar-refractivity contribution is 5.30. The Kier molecular flexibility index (Phi) is 10.9. The minimum Gasteiger partial charge on any atom is -0.392 e. The second-order valence-electron chi connectivity index (χ2n) is 8.60. The Morgan fingerprint density at radius 1 is 0.912 bits per heavy atom. The Bertz CT molecular complexity index is 864. The lowest BCUT2D eigenvalue weighted by atomic mass is 9.98. The molecule has 2 aromatic rings. The van der Waals surface area contributed by atoms with Crippen molar-refractivity contribution in [3.8, 4) is 0 Å². The number of hydrogen-bond acceptors (Lipinski definition) is 5. The molecule has 0 bridgehead atoms. The van der Waals surface area contributed by atoms with Crippen molar-refractivity contribution < 1.29 is 32.8 Å². The zero-order chi connectivity index (χ0) is 24.3. The number of ether oxygens (including phenoxy) is 4. The second kappa shape index (κ2) is 13.9. The Balaban J connectivity index is 1.88.